The number of imidazole rings is 1. The van der Waals surface area contributed by atoms with E-state index in [-0.39, 0.29) is 11.2 Å². The molecule has 0 spiro atoms. The second kappa shape index (κ2) is 8.53. The number of nitrogens with one attached hydrogen (secondary N) is 2. The molecule has 31 heavy (non-hydrogen) atoms. The highest BCUT2D eigenvalue weighted by Gasteiger charge is 2.28. The van der Waals surface area contributed by atoms with Crippen molar-refractivity contribution in [2.75, 3.05) is 7.05 Å². The van der Waals surface area contributed by atoms with Gasteiger partial charge in [-0.2, -0.15) is 0 Å². The third-order valence-corrected chi connectivity index (χ3v) is 5.82. The lowest BCUT2D eigenvalue weighted by atomic mass is 10.2. The summed E-state index contributed by atoms with van der Waals surface area (Å²) in [4.78, 5) is 30.1. The van der Waals surface area contributed by atoms with Crippen molar-refractivity contribution in [3.8, 4) is 0 Å². The minimum absolute atomic E-state index is 0.310. The molecule has 160 valence electrons. The molecule has 4 rings (SSSR count). The van der Waals surface area contributed by atoms with Crippen LogP contribution in [0.25, 0.3) is 11.2 Å². The lowest BCUT2D eigenvalue weighted by molar-refractivity contribution is -0.916. The molecule has 2 aromatic carbocycles. The number of benzene rings is 2. The lowest BCUT2D eigenvalue weighted by Crippen LogP contribution is -3.06. The molecule has 0 saturated heterocycles. The Hall–Kier alpha value is -3.16. The van der Waals surface area contributed by atoms with Crippen molar-refractivity contribution in [1.29, 1.82) is 0 Å². The molecule has 2 heterocycles. The third kappa shape index (κ3) is 4.19. The summed E-state index contributed by atoms with van der Waals surface area (Å²) in [5.74, 6) is 0.886. The first kappa shape index (κ1) is 21.1. The van der Waals surface area contributed by atoms with E-state index in [0.29, 0.717) is 29.3 Å². The van der Waals surface area contributed by atoms with Gasteiger partial charge in [0.05, 0.1) is 7.05 Å². The van der Waals surface area contributed by atoms with E-state index in [0.717, 1.165) is 22.5 Å². The fourth-order valence-electron chi connectivity index (χ4n) is 3.93. The normalized spacial score (nSPS) is 12.4. The zero-order valence-electron chi connectivity index (χ0n) is 17.9. The molecule has 1 atom stereocenters. The van der Waals surface area contributed by atoms with Gasteiger partial charge in [0.1, 0.15) is 13.1 Å². The number of aromatic nitrogens is 4. The van der Waals surface area contributed by atoms with E-state index in [1.54, 1.807) is 7.05 Å². The van der Waals surface area contributed by atoms with Crippen LogP contribution in [0.4, 0.5) is 0 Å². The van der Waals surface area contributed by atoms with Crippen molar-refractivity contribution in [3.05, 3.63) is 97.4 Å². The summed E-state index contributed by atoms with van der Waals surface area (Å²) in [5.41, 5.74) is 2.62. The molecule has 0 amide bonds. The van der Waals surface area contributed by atoms with Gasteiger partial charge in [-0.15, -0.1) is 0 Å². The summed E-state index contributed by atoms with van der Waals surface area (Å²) in [5, 5.41) is 0.665. The largest absolute Gasteiger partial charge is 0.333 e. The Balaban J connectivity index is 1.80. The van der Waals surface area contributed by atoms with Crippen LogP contribution < -0.4 is 20.7 Å². The number of hydrogen-bond donors (Lipinski definition) is 2. The predicted octanol–water partition coefficient (Wildman–Crippen LogP) is 0.769. The van der Waals surface area contributed by atoms with E-state index in [4.69, 9.17) is 11.6 Å². The van der Waals surface area contributed by atoms with Crippen molar-refractivity contribution in [2.45, 2.75) is 19.6 Å². The number of fused-ring (bicyclic) bond motifs is 1. The highest BCUT2D eigenvalue weighted by Crippen LogP contribution is 2.11. The summed E-state index contributed by atoms with van der Waals surface area (Å²) >= 11 is 6.04. The van der Waals surface area contributed by atoms with Gasteiger partial charge < -0.3 is 4.90 Å². The summed E-state index contributed by atoms with van der Waals surface area (Å²) in [6.45, 7) is 2.00. The van der Waals surface area contributed by atoms with E-state index >= 15 is 0 Å². The molecule has 7 nitrogen and oxygen atoms in total. The van der Waals surface area contributed by atoms with Crippen molar-refractivity contribution in [3.63, 3.8) is 0 Å². The first-order chi connectivity index (χ1) is 14.8. The van der Waals surface area contributed by atoms with Gasteiger partial charge >= 0.3 is 17.1 Å². The van der Waals surface area contributed by atoms with Crippen LogP contribution in [0.1, 0.15) is 17.0 Å². The Bertz CT molecular complexity index is 1340. The number of halogens is 1. The molecule has 2 aromatic heterocycles. The molecule has 1 unspecified atom stereocenters. The molecule has 8 heteroatoms. The number of aryl methyl sites for hydroxylation is 1. The quantitative estimate of drug-likeness (QED) is 0.436. The number of rotatable bonds is 6. The van der Waals surface area contributed by atoms with Crippen LogP contribution in [0.2, 0.25) is 5.02 Å². The molecular formula is C23H26ClN5O2+2. The molecule has 0 radical (unpaired) electrons. The maximum atomic E-state index is 13.0. The highest BCUT2D eigenvalue weighted by molar-refractivity contribution is 6.30. The summed E-state index contributed by atoms with van der Waals surface area (Å²) in [6.07, 6.45) is 0. The topological polar surface area (TPSA) is 68.1 Å². The Morgan fingerprint density at radius 3 is 2.29 bits per heavy atom. The Morgan fingerprint density at radius 2 is 1.61 bits per heavy atom. The predicted molar refractivity (Wildman–Crippen MR) is 120 cm³/mol. The van der Waals surface area contributed by atoms with E-state index in [2.05, 4.69) is 24.2 Å². The zero-order valence-corrected chi connectivity index (χ0v) is 18.6. The van der Waals surface area contributed by atoms with Gasteiger partial charge in [-0.25, -0.2) is 14.3 Å². The maximum Gasteiger partial charge on any atom is 0.333 e. The number of quaternary nitrogens is 1. The fraction of sp³-hybridized carbons (Fsp3) is 0.261. The van der Waals surface area contributed by atoms with Crippen LogP contribution in [0, 0.1) is 0 Å². The Kier molecular flexibility index (Phi) is 5.80. The van der Waals surface area contributed by atoms with Gasteiger partial charge in [0.15, 0.2) is 6.54 Å². The van der Waals surface area contributed by atoms with Crippen molar-refractivity contribution < 1.29 is 9.47 Å². The fourth-order valence-corrected chi connectivity index (χ4v) is 4.06. The highest BCUT2D eigenvalue weighted by atomic mass is 35.5. The van der Waals surface area contributed by atoms with E-state index in [1.807, 2.05) is 47.0 Å². The van der Waals surface area contributed by atoms with Crippen molar-refractivity contribution in [2.24, 2.45) is 14.1 Å². The number of aromatic amines is 1. The lowest BCUT2D eigenvalue weighted by Gasteiger charge is -2.12. The van der Waals surface area contributed by atoms with Gasteiger partial charge in [0.2, 0.25) is 0 Å². The molecule has 0 bridgehead atoms. The molecule has 2 N–H and O–H groups in total. The number of H-pyrrole nitrogens is 1. The van der Waals surface area contributed by atoms with Crippen LogP contribution in [0.3, 0.4) is 0 Å². The van der Waals surface area contributed by atoms with Gasteiger partial charge in [0.25, 0.3) is 11.2 Å². The van der Waals surface area contributed by atoms with E-state index in [9.17, 15) is 9.59 Å². The molecule has 0 saturated carbocycles. The summed E-state index contributed by atoms with van der Waals surface area (Å²) < 4.78 is 4.62. The minimum Gasteiger partial charge on any atom is -0.324 e. The molecule has 4 aromatic rings. The van der Waals surface area contributed by atoms with Crippen molar-refractivity contribution >= 4 is 22.8 Å². The molecule has 0 aliphatic carbocycles. The summed E-state index contributed by atoms with van der Waals surface area (Å²) in [7, 11) is 5.30. The van der Waals surface area contributed by atoms with E-state index < -0.39 is 0 Å². The van der Waals surface area contributed by atoms with Gasteiger partial charge in [-0.1, -0.05) is 54.1 Å². The SMILES string of the molecule is Cn1c(=O)c2c([nH]c(C[NH+](C)Cc3ccccc3)[n+]2Cc2ccc(Cl)cc2)n(C)c1=O. The molecule has 0 fully saturated rings. The van der Waals surface area contributed by atoms with Gasteiger partial charge in [0, 0.05) is 24.7 Å². The molecule has 0 aliphatic heterocycles. The average Bonchev–Trinajstić information content (AvgIpc) is 3.11. The second-order valence-electron chi connectivity index (χ2n) is 7.98. The molecule has 0 aliphatic rings. The van der Waals surface area contributed by atoms with Gasteiger partial charge in [-0.3, -0.25) is 13.9 Å². The van der Waals surface area contributed by atoms with Crippen LogP contribution >= 0.6 is 11.6 Å². The Labute approximate surface area is 184 Å². The number of hydrogen-bond acceptors (Lipinski definition) is 2. The zero-order chi connectivity index (χ0) is 22.1. The second-order valence-corrected chi connectivity index (χ2v) is 8.42. The third-order valence-electron chi connectivity index (χ3n) is 5.57. The smallest absolute Gasteiger partial charge is 0.324 e. The van der Waals surface area contributed by atoms with Gasteiger partial charge in [-0.05, 0) is 17.7 Å². The standard InChI is InChI=1S/C23H24ClN5O2/c1-26(13-16-7-5-4-6-8-16)15-19-25-21-20(22(30)28(3)23(31)27(21)2)29(19)14-17-9-11-18(24)12-10-17/h4-12H,13-15H2,1-3H3/p+2. The van der Waals surface area contributed by atoms with E-state index in [1.165, 1.54) is 22.1 Å². The number of nitrogens with zero attached hydrogens (tertiary/aromatic N) is 3. The van der Waals surface area contributed by atoms with Crippen LogP contribution in [-0.4, -0.2) is 21.2 Å². The van der Waals surface area contributed by atoms with Crippen LogP contribution in [0.15, 0.2) is 64.2 Å². The minimum atomic E-state index is -0.353. The first-order valence-electron chi connectivity index (χ1n) is 10.1. The Morgan fingerprint density at radius 1 is 0.935 bits per heavy atom. The maximum absolute atomic E-state index is 13.0. The average molecular weight is 440 g/mol. The first-order valence-corrected chi connectivity index (χ1v) is 10.5. The molecular weight excluding hydrogens is 414 g/mol. The monoisotopic (exact) mass is 439 g/mol. The van der Waals surface area contributed by atoms with Crippen molar-refractivity contribution in [1.82, 2.24) is 14.1 Å². The van der Waals surface area contributed by atoms with Crippen LogP contribution in [0.5, 0.6) is 0 Å². The van der Waals surface area contributed by atoms with Crippen LogP contribution in [-0.2, 0) is 33.7 Å². The summed E-state index contributed by atoms with van der Waals surface area (Å²) in [6, 6.07) is 17.9.